The number of carbonyl (C=O) groups excluding carboxylic acids is 1. The normalized spacial score (nSPS) is 20.1. The zero-order valence-electron chi connectivity index (χ0n) is 19.5. The van der Waals surface area contributed by atoms with Crippen molar-refractivity contribution in [1.29, 1.82) is 0 Å². The Labute approximate surface area is 205 Å². The van der Waals surface area contributed by atoms with Gasteiger partial charge in [0.2, 0.25) is 5.88 Å². The zero-order chi connectivity index (χ0) is 26.3. The second kappa shape index (κ2) is 9.34. The van der Waals surface area contributed by atoms with Crippen LogP contribution in [0.2, 0.25) is 0 Å². The molecule has 1 aromatic heterocycles. The molecule has 1 saturated carbocycles. The summed E-state index contributed by atoms with van der Waals surface area (Å²) in [4.78, 5) is 13.0. The number of nitrogens with zero attached hydrogens (tertiary/aromatic N) is 2. The molecule has 1 fully saturated rings. The summed E-state index contributed by atoms with van der Waals surface area (Å²) in [5.74, 6) is -1.26. The molecule has 1 heterocycles. The van der Waals surface area contributed by atoms with Crippen LogP contribution in [0.25, 0.3) is 5.69 Å². The van der Waals surface area contributed by atoms with Crippen molar-refractivity contribution in [1.82, 2.24) is 9.78 Å². The molecule has 2 atom stereocenters. The van der Waals surface area contributed by atoms with Crippen LogP contribution < -0.4 is 4.74 Å². The van der Waals surface area contributed by atoms with E-state index in [4.69, 9.17) is 4.74 Å². The molecule has 1 aliphatic rings. The number of halogens is 4. The molecule has 0 radical (unpaired) electrons. The number of methoxy groups -OCH3 is 1. The predicted molar refractivity (Wildman–Crippen MR) is 123 cm³/mol. The van der Waals surface area contributed by atoms with Gasteiger partial charge in [0.25, 0.3) is 0 Å². The van der Waals surface area contributed by atoms with Gasteiger partial charge in [-0.3, -0.25) is 4.79 Å². The third-order valence-corrected chi connectivity index (χ3v) is 9.45. The van der Waals surface area contributed by atoms with Gasteiger partial charge in [0.05, 0.1) is 28.0 Å². The van der Waals surface area contributed by atoms with Gasteiger partial charge in [-0.15, -0.1) is 5.10 Å². The minimum absolute atomic E-state index is 0.0246. The molecule has 4 rings (SSSR count). The second-order valence-corrected chi connectivity index (χ2v) is 11.4. The summed E-state index contributed by atoms with van der Waals surface area (Å²) in [7, 11) is -2.47. The van der Waals surface area contributed by atoms with Crippen LogP contribution in [0.4, 0.5) is 17.6 Å². The summed E-state index contributed by atoms with van der Waals surface area (Å²) in [6, 6.07) is 9.02. The maximum atomic E-state index is 13.3. The van der Waals surface area contributed by atoms with Crippen molar-refractivity contribution < 1.29 is 35.5 Å². The van der Waals surface area contributed by atoms with Crippen LogP contribution >= 0.6 is 0 Å². The number of ketones is 1. The summed E-state index contributed by atoms with van der Waals surface area (Å²) in [6.45, 7) is 1.54. The minimum Gasteiger partial charge on any atom is -0.480 e. The third kappa shape index (κ3) is 4.63. The molecule has 2 unspecified atom stereocenters. The predicted octanol–water partition coefficient (Wildman–Crippen LogP) is 5.18. The number of carbonyl (C=O) groups is 1. The first-order valence-electron chi connectivity index (χ1n) is 11.2. The van der Waals surface area contributed by atoms with Gasteiger partial charge in [-0.1, -0.05) is 0 Å². The van der Waals surface area contributed by atoms with Crippen LogP contribution in [0.5, 0.6) is 5.88 Å². The van der Waals surface area contributed by atoms with E-state index in [2.05, 4.69) is 5.10 Å². The van der Waals surface area contributed by atoms with Gasteiger partial charge < -0.3 is 4.74 Å². The highest BCUT2D eigenvalue weighted by atomic mass is 32.2. The van der Waals surface area contributed by atoms with Gasteiger partial charge in [0.15, 0.2) is 9.84 Å². The van der Waals surface area contributed by atoms with Crippen LogP contribution in [0.1, 0.15) is 37.3 Å². The number of benzene rings is 2. The number of aromatic nitrogens is 2. The minimum atomic E-state index is -4.45. The first-order valence-corrected chi connectivity index (χ1v) is 12.7. The highest BCUT2D eigenvalue weighted by Gasteiger charge is 2.55. The Balaban J connectivity index is 1.48. The molecular formula is C25H24F4N2O4S. The summed E-state index contributed by atoms with van der Waals surface area (Å²) in [6.07, 6.45) is -1.88. The largest absolute Gasteiger partial charge is 0.480 e. The van der Waals surface area contributed by atoms with E-state index in [1.165, 1.54) is 36.1 Å². The Morgan fingerprint density at radius 1 is 1.14 bits per heavy atom. The van der Waals surface area contributed by atoms with Gasteiger partial charge >= 0.3 is 6.18 Å². The van der Waals surface area contributed by atoms with Crippen LogP contribution in [-0.4, -0.2) is 35.8 Å². The molecule has 11 heteroatoms. The number of aryl methyl sites for hydroxylation is 1. The van der Waals surface area contributed by atoms with E-state index >= 15 is 0 Å². The fraction of sp³-hybridized carbons (Fsp3) is 0.360. The number of hydrogen-bond acceptors (Lipinski definition) is 5. The zero-order valence-corrected chi connectivity index (χ0v) is 20.4. The molecule has 192 valence electrons. The number of alkyl halides is 3. The van der Waals surface area contributed by atoms with Crippen molar-refractivity contribution in [2.75, 3.05) is 7.11 Å². The molecule has 2 aromatic carbocycles. The van der Waals surface area contributed by atoms with Gasteiger partial charge in [-0.2, -0.15) is 13.2 Å². The summed E-state index contributed by atoms with van der Waals surface area (Å²) >= 11 is 0. The van der Waals surface area contributed by atoms with Crippen LogP contribution in [0.15, 0.2) is 59.6 Å². The average molecular weight is 525 g/mol. The van der Waals surface area contributed by atoms with Crippen LogP contribution in [-0.2, 0) is 27.2 Å². The van der Waals surface area contributed by atoms with Crippen molar-refractivity contribution in [2.45, 2.75) is 48.4 Å². The van der Waals surface area contributed by atoms with Gasteiger partial charge in [0, 0.05) is 24.1 Å². The lowest BCUT2D eigenvalue weighted by molar-refractivity contribution is -0.137. The fourth-order valence-corrected chi connectivity index (χ4v) is 6.55. The Morgan fingerprint density at radius 3 is 2.31 bits per heavy atom. The smallest absolute Gasteiger partial charge is 0.416 e. The Morgan fingerprint density at radius 2 is 1.78 bits per heavy atom. The fourth-order valence-electron chi connectivity index (χ4n) is 4.51. The molecule has 0 amide bonds. The third-order valence-electron chi connectivity index (χ3n) is 6.84. The molecule has 6 nitrogen and oxygen atoms in total. The summed E-state index contributed by atoms with van der Waals surface area (Å²) in [5, 5.41) is 4.24. The van der Waals surface area contributed by atoms with E-state index in [0.29, 0.717) is 24.1 Å². The highest BCUT2D eigenvalue weighted by Crippen LogP contribution is 2.48. The maximum Gasteiger partial charge on any atom is 0.416 e. The number of Topliss-reactive ketones (excluding diaryl/α,β-unsaturated/α-hetero) is 1. The lowest BCUT2D eigenvalue weighted by Crippen LogP contribution is -2.54. The van der Waals surface area contributed by atoms with Gasteiger partial charge in [-0.05, 0) is 74.7 Å². The first kappa shape index (κ1) is 25.9. The molecule has 3 aromatic rings. The van der Waals surface area contributed by atoms with E-state index in [-0.39, 0.29) is 29.4 Å². The molecule has 36 heavy (non-hydrogen) atoms. The van der Waals surface area contributed by atoms with Crippen molar-refractivity contribution in [3.8, 4) is 11.6 Å². The standard InChI is InChI=1S/C25H24F4N2O4S/c1-24(36(33,34)20-10-6-18(26)7-11-20)14-13-21(24)22(32)12-3-16-15-31(30-23(16)35-2)19-8-4-17(5-9-19)25(27,28)29/h4-11,15,21H,3,12-14H2,1-2H3. The maximum absolute atomic E-state index is 13.3. The molecule has 0 saturated heterocycles. The quantitative estimate of drug-likeness (QED) is 0.300. The molecular weight excluding hydrogens is 500 g/mol. The van der Waals surface area contributed by atoms with Gasteiger partial charge in [0.1, 0.15) is 11.6 Å². The molecule has 0 spiro atoms. The molecule has 0 aliphatic heterocycles. The molecule has 1 aliphatic carbocycles. The topological polar surface area (TPSA) is 78.3 Å². The van der Waals surface area contributed by atoms with Crippen molar-refractivity contribution in [3.63, 3.8) is 0 Å². The summed E-state index contributed by atoms with van der Waals surface area (Å²) in [5.41, 5.74) is 0.166. The van der Waals surface area contributed by atoms with E-state index in [0.717, 1.165) is 24.3 Å². The number of sulfone groups is 1. The van der Waals surface area contributed by atoms with E-state index in [1.54, 1.807) is 13.1 Å². The SMILES string of the molecule is COc1nn(-c2ccc(C(F)(F)F)cc2)cc1CCC(=O)C1CCC1(C)S(=O)(=O)c1ccc(F)cc1. The first-order chi connectivity index (χ1) is 16.9. The molecule has 0 bridgehead atoms. The van der Waals surface area contributed by atoms with Crippen LogP contribution in [0.3, 0.4) is 0 Å². The molecule has 0 N–H and O–H groups in total. The van der Waals surface area contributed by atoms with E-state index in [9.17, 15) is 30.8 Å². The van der Waals surface area contributed by atoms with Crippen molar-refractivity contribution >= 4 is 15.6 Å². The second-order valence-electron chi connectivity index (χ2n) is 8.98. The van der Waals surface area contributed by atoms with E-state index < -0.39 is 38.1 Å². The Kier molecular flexibility index (Phi) is 6.72. The Hall–Kier alpha value is -3.21. The monoisotopic (exact) mass is 524 g/mol. The van der Waals surface area contributed by atoms with Crippen LogP contribution in [0, 0.1) is 11.7 Å². The average Bonchev–Trinajstić information content (AvgIpc) is 3.24. The van der Waals surface area contributed by atoms with E-state index in [1.807, 2.05) is 0 Å². The number of ether oxygens (including phenoxy) is 1. The highest BCUT2D eigenvalue weighted by molar-refractivity contribution is 7.93. The number of rotatable bonds is 8. The number of hydrogen-bond donors (Lipinski definition) is 0. The van der Waals surface area contributed by atoms with Gasteiger partial charge in [-0.25, -0.2) is 17.5 Å². The summed E-state index contributed by atoms with van der Waals surface area (Å²) < 4.78 is 83.5. The lowest BCUT2D eigenvalue weighted by atomic mass is 9.70. The lowest BCUT2D eigenvalue weighted by Gasteiger charge is -2.45. The Bertz CT molecular complexity index is 1370. The van der Waals surface area contributed by atoms with Crippen molar-refractivity contribution in [2.24, 2.45) is 5.92 Å². The van der Waals surface area contributed by atoms with Crippen molar-refractivity contribution in [3.05, 3.63) is 71.7 Å².